The predicted octanol–water partition coefficient (Wildman–Crippen LogP) is 4.42. The van der Waals surface area contributed by atoms with E-state index in [9.17, 15) is 0 Å². The summed E-state index contributed by atoms with van der Waals surface area (Å²) < 4.78 is 5.28. The van der Waals surface area contributed by atoms with Crippen molar-refractivity contribution in [1.82, 2.24) is 4.98 Å². The quantitative estimate of drug-likeness (QED) is 0.749. The van der Waals surface area contributed by atoms with Crippen LogP contribution >= 0.6 is 11.6 Å². The minimum absolute atomic E-state index is 0.768. The number of methoxy groups -OCH3 is 1. The Morgan fingerprint density at radius 1 is 1.11 bits per heavy atom. The Morgan fingerprint density at radius 3 is 2.63 bits per heavy atom. The smallest absolute Gasteiger partial charge is 0.119 e. The molecule has 0 radical (unpaired) electrons. The van der Waals surface area contributed by atoms with Gasteiger partial charge in [-0.3, -0.25) is 0 Å². The molecule has 3 heteroatoms. The number of benzene rings is 2. The molecule has 1 N–H and O–H groups in total. The molecule has 0 aliphatic heterocycles. The fourth-order valence-corrected chi connectivity index (χ4v) is 2.38. The van der Waals surface area contributed by atoms with Crippen molar-refractivity contribution >= 4 is 22.5 Å². The monoisotopic (exact) mass is 271 g/mol. The lowest BCUT2D eigenvalue weighted by Gasteiger charge is -2.03. The second-order valence-electron chi connectivity index (χ2n) is 4.53. The molecule has 19 heavy (non-hydrogen) atoms. The summed E-state index contributed by atoms with van der Waals surface area (Å²) in [5, 5.41) is 1.97. The van der Waals surface area contributed by atoms with Gasteiger partial charge in [0.25, 0.3) is 0 Å². The Balaban J connectivity index is 1.98. The molecule has 1 heterocycles. The molecule has 0 aliphatic rings. The third-order valence-corrected chi connectivity index (χ3v) is 3.53. The van der Waals surface area contributed by atoms with Crippen LogP contribution in [0.4, 0.5) is 0 Å². The molecular weight excluding hydrogens is 258 g/mol. The molecule has 0 fully saturated rings. The minimum Gasteiger partial charge on any atom is -0.497 e. The van der Waals surface area contributed by atoms with Crippen molar-refractivity contribution in [2.45, 2.75) is 6.42 Å². The number of ether oxygens (including phenoxy) is 1. The Bertz CT molecular complexity index is 700. The predicted molar refractivity (Wildman–Crippen MR) is 79.1 cm³/mol. The average Bonchev–Trinajstić information content (AvgIpc) is 2.84. The van der Waals surface area contributed by atoms with Crippen molar-refractivity contribution in [3.05, 3.63) is 64.8 Å². The summed E-state index contributed by atoms with van der Waals surface area (Å²) in [6.07, 6.45) is 2.93. The maximum Gasteiger partial charge on any atom is 0.119 e. The molecule has 2 aromatic carbocycles. The van der Waals surface area contributed by atoms with Gasteiger partial charge in [0, 0.05) is 22.1 Å². The number of nitrogens with one attached hydrogen (secondary N) is 1. The van der Waals surface area contributed by atoms with Crippen molar-refractivity contribution in [2.24, 2.45) is 0 Å². The molecule has 0 amide bonds. The lowest BCUT2D eigenvalue weighted by Crippen LogP contribution is -1.87. The van der Waals surface area contributed by atoms with Gasteiger partial charge in [0.1, 0.15) is 5.75 Å². The second kappa shape index (κ2) is 4.98. The fraction of sp³-hybridized carbons (Fsp3) is 0.125. The molecule has 0 aliphatic carbocycles. The average molecular weight is 272 g/mol. The van der Waals surface area contributed by atoms with Gasteiger partial charge in [0.05, 0.1) is 7.11 Å². The first-order chi connectivity index (χ1) is 9.26. The molecule has 2 nitrogen and oxygen atoms in total. The third kappa shape index (κ3) is 2.45. The second-order valence-corrected chi connectivity index (χ2v) is 4.97. The zero-order chi connectivity index (χ0) is 13.2. The molecule has 96 valence electrons. The standard InChI is InChI=1S/C16H14ClNO/c1-19-14-6-7-16-15(9-14)12(10-18-16)8-11-2-4-13(17)5-3-11/h2-7,9-10,18H,8H2,1H3. The fourth-order valence-electron chi connectivity index (χ4n) is 2.25. The molecule has 0 bridgehead atoms. The van der Waals surface area contributed by atoms with Crippen LogP contribution in [0, 0.1) is 0 Å². The first-order valence-electron chi connectivity index (χ1n) is 6.15. The zero-order valence-corrected chi connectivity index (χ0v) is 11.4. The highest BCUT2D eigenvalue weighted by atomic mass is 35.5. The lowest BCUT2D eigenvalue weighted by molar-refractivity contribution is 0.415. The SMILES string of the molecule is COc1ccc2[nH]cc(Cc3ccc(Cl)cc3)c2c1. The molecule has 3 aromatic rings. The van der Waals surface area contributed by atoms with E-state index in [1.54, 1.807) is 7.11 Å². The van der Waals surface area contributed by atoms with E-state index in [0.717, 1.165) is 22.7 Å². The maximum absolute atomic E-state index is 5.91. The lowest BCUT2D eigenvalue weighted by atomic mass is 10.0. The summed E-state index contributed by atoms with van der Waals surface area (Å²) in [6.45, 7) is 0. The zero-order valence-electron chi connectivity index (χ0n) is 10.6. The van der Waals surface area contributed by atoms with Crippen LogP contribution in [-0.4, -0.2) is 12.1 Å². The van der Waals surface area contributed by atoms with E-state index < -0.39 is 0 Å². The summed E-state index contributed by atoms with van der Waals surface area (Å²) in [7, 11) is 1.69. The Hall–Kier alpha value is -1.93. The molecule has 0 saturated heterocycles. The van der Waals surface area contributed by atoms with E-state index in [1.165, 1.54) is 16.5 Å². The topological polar surface area (TPSA) is 25.0 Å². The van der Waals surface area contributed by atoms with Gasteiger partial charge in [-0.2, -0.15) is 0 Å². The highest BCUT2D eigenvalue weighted by Crippen LogP contribution is 2.25. The molecule has 3 rings (SSSR count). The van der Waals surface area contributed by atoms with Gasteiger partial charge in [0.15, 0.2) is 0 Å². The van der Waals surface area contributed by atoms with Crippen LogP contribution < -0.4 is 4.74 Å². The number of hydrogen-bond acceptors (Lipinski definition) is 1. The highest BCUT2D eigenvalue weighted by molar-refractivity contribution is 6.30. The van der Waals surface area contributed by atoms with Gasteiger partial charge in [-0.05, 0) is 47.9 Å². The number of halogens is 1. The van der Waals surface area contributed by atoms with E-state index in [2.05, 4.69) is 29.4 Å². The largest absolute Gasteiger partial charge is 0.497 e. The van der Waals surface area contributed by atoms with Crippen molar-refractivity contribution in [2.75, 3.05) is 7.11 Å². The van der Waals surface area contributed by atoms with Gasteiger partial charge in [-0.1, -0.05) is 23.7 Å². The van der Waals surface area contributed by atoms with Crippen molar-refractivity contribution in [1.29, 1.82) is 0 Å². The van der Waals surface area contributed by atoms with Crippen LogP contribution in [0.2, 0.25) is 5.02 Å². The number of aromatic amines is 1. The third-order valence-electron chi connectivity index (χ3n) is 3.28. The van der Waals surface area contributed by atoms with Crippen molar-refractivity contribution in [3.63, 3.8) is 0 Å². The highest BCUT2D eigenvalue weighted by Gasteiger charge is 2.06. The van der Waals surface area contributed by atoms with Crippen LogP contribution in [-0.2, 0) is 6.42 Å². The number of fused-ring (bicyclic) bond motifs is 1. The molecule has 0 spiro atoms. The van der Waals surface area contributed by atoms with Crippen LogP contribution in [0.25, 0.3) is 10.9 Å². The number of hydrogen-bond donors (Lipinski definition) is 1. The Morgan fingerprint density at radius 2 is 1.89 bits per heavy atom. The van der Waals surface area contributed by atoms with E-state index >= 15 is 0 Å². The summed E-state index contributed by atoms with van der Waals surface area (Å²) in [5.74, 6) is 0.879. The minimum atomic E-state index is 0.768. The summed E-state index contributed by atoms with van der Waals surface area (Å²) in [5.41, 5.74) is 3.63. The van der Waals surface area contributed by atoms with E-state index in [4.69, 9.17) is 16.3 Å². The summed E-state index contributed by atoms with van der Waals surface area (Å²) >= 11 is 5.91. The number of rotatable bonds is 3. The molecular formula is C16H14ClNO. The Labute approximate surface area is 117 Å². The molecule has 0 unspecified atom stereocenters. The van der Waals surface area contributed by atoms with E-state index in [-0.39, 0.29) is 0 Å². The molecule has 0 saturated carbocycles. The van der Waals surface area contributed by atoms with Crippen LogP contribution in [0.5, 0.6) is 5.75 Å². The number of aromatic nitrogens is 1. The van der Waals surface area contributed by atoms with Crippen LogP contribution in [0.3, 0.4) is 0 Å². The van der Waals surface area contributed by atoms with E-state index in [1.807, 2.05) is 24.3 Å². The van der Waals surface area contributed by atoms with Crippen LogP contribution in [0.1, 0.15) is 11.1 Å². The summed E-state index contributed by atoms with van der Waals surface area (Å²) in [6, 6.07) is 14.0. The number of H-pyrrole nitrogens is 1. The van der Waals surface area contributed by atoms with Gasteiger partial charge >= 0.3 is 0 Å². The van der Waals surface area contributed by atoms with Gasteiger partial charge < -0.3 is 9.72 Å². The van der Waals surface area contributed by atoms with Crippen molar-refractivity contribution in [3.8, 4) is 5.75 Å². The first kappa shape index (κ1) is 12.1. The van der Waals surface area contributed by atoms with Crippen molar-refractivity contribution < 1.29 is 4.74 Å². The van der Waals surface area contributed by atoms with Crippen LogP contribution in [0.15, 0.2) is 48.7 Å². The van der Waals surface area contributed by atoms with Gasteiger partial charge in [-0.25, -0.2) is 0 Å². The first-order valence-corrected chi connectivity index (χ1v) is 6.52. The van der Waals surface area contributed by atoms with Gasteiger partial charge in [-0.15, -0.1) is 0 Å². The van der Waals surface area contributed by atoms with E-state index in [0.29, 0.717) is 0 Å². The molecule has 0 atom stereocenters. The maximum atomic E-state index is 5.91. The molecule has 1 aromatic heterocycles. The summed E-state index contributed by atoms with van der Waals surface area (Å²) in [4.78, 5) is 3.29. The van der Waals surface area contributed by atoms with Gasteiger partial charge in [0.2, 0.25) is 0 Å². The Kier molecular flexibility index (Phi) is 3.18. The normalized spacial score (nSPS) is 10.8.